The molecule has 158 valence electrons. The maximum absolute atomic E-state index is 12.9. The number of imidazole rings is 1. The highest BCUT2D eigenvalue weighted by Crippen LogP contribution is 2.36. The topological polar surface area (TPSA) is 90.5 Å². The summed E-state index contributed by atoms with van der Waals surface area (Å²) in [5.74, 6) is 0.933. The second kappa shape index (κ2) is 8.77. The van der Waals surface area contributed by atoms with Gasteiger partial charge in [0.25, 0.3) is 11.9 Å². The molecule has 8 nitrogen and oxygen atoms in total. The Balaban J connectivity index is 1.62. The van der Waals surface area contributed by atoms with E-state index in [1.807, 2.05) is 17.8 Å². The van der Waals surface area contributed by atoms with Crippen LogP contribution in [0.3, 0.4) is 0 Å². The Morgan fingerprint density at radius 1 is 1.27 bits per heavy atom. The van der Waals surface area contributed by atoms with Crippen LogP contribution in [-0.4, -0.2) is 35.2 Å². The molecule has 30 heavy (non-hydrogen) atoms. The number of aromatic nitrogens is 6. The number of unbranched alkanes of at least 4 members (excludes halogenated alkanes) is 1. The van der Waals surface area contributed by atoms with E-state index in [-0.39, 0.29) is 5.91 Å². The summed E-state index contributed by atoms with van der Waals surface area (Å²) < 4.78 is 3.64. The van der Waals surface area contributed by atoms with E-state index in [0.717, 1.165) is 41.9 Å². The number of nitrogens with one attached hydrogen (secondary N) is 1. The van der Waals surface area contributed by atoms with Gasteiger partial charge in [0.05, 0.1) is 41.7 Å². The normalized spacial score (nSPS) is 14.0. The number of nitrogens with zero attached hydrogens (tertiary/aromatic N) is 6. The van der Waals surface area contributed by atoms with E-state index in [9.17, 15) is 4.79 Å². The van der Waals surface area contributed by atoms with Gasteiger partial charge >= 0.3 is 0 Å². The summed E-state index contributed by atoms with van der Waals surface area (Å²) in [4.78, 5) is 26.4. The van der Waals surface area contributed by atoms with Crippen molar-refractivity contribution in [1.29, 1.82) is 0 Å². The number of hydrogen-bond acceptors (Lipinski definition) is 5. The lowest BCUT2D eigenvalue weighted by Gasteiger charge is -2.26. The Kier molecular flexibility index (Phi) is 5.92. The zero-order chi connectivity index (χ0) is 21.1. The van der Waals surface area contributed by atoms with E-state index < -0.39 is 0 Å². The Morgan fingerprint density at radius 3 is 2.77 bits per heavy atom. The Hall–Kier alpha value is -3.03. The van der Waals surface area contributed by atoms with Crippen molar-refractivity contribution in [1.82, 2.24) is 34.6 Å². The molecule has 0 spiro atoms. The van der Waals surface area contributed by atoms with Crippen molar-refractivity contribution in [3.05, 3.63) is 53.1 Å². The van der Waals surface area contributed by atoms with E-state index in [1.165, 1.54) is 19.3 Å². The lowest BCUT2D eigenvalue weighted by atomic mass is 9.81. The Morgan fingerprint density at radius 2 is 2.10 bits per heavy atom. The third-order valence-corrected chi connectivity index (χ3v) is 5.91. The van der Waals surface area contributed by atoms with Gasteiger partial charge in [0.2, 0.25) is 0 Å². The maximum Gasteiger partial charge on any atom is 0.255 e. The molecule has 4 rings (SSSR count). The Labute approximate surface area is 176 Å². The summed E-state index contributed by atoms with van der Waals surface area (Å²) in [6.07, 6.45) is 13.4. The van der Waals surface area contributed by atoms with Crippen LogP contribution in [0.5, 0.6) is 0 Å². The largest absolute Gasteiger partial charge is 0.346 e. The predicted molar refractivity (Wildman–Crippen MR) is 113 cm³/mol. The first kappa shape index (κ1) is 20.3. The zero-order valence-electron chi connectivity index (χ0n) is 17.9. The smallest absolute Gasteiger partial charge is 0.255 e. The van der Waals surface area contributed by atoms with Crippen LogP contribution >= 0.6 is 0 Å². The second-order valence-corrected chi connectivity index (χ2v) is 8.06. The summed E-state index contributed by atoms with van der Waals surface area (Å²) in [7, 11) is 1.91. The first-order chi connectivity index (χ1) is 14.6. The highest BCUT2D eigenvalue weighted by Gasteiger charge is 2.25. The van der Waals surface area contributed by atoms with Crippen LogP contribution in [0.25, 0.3) is 5.95 Å². The molecular weight excluding hydrogens is 378 g/mol. The van der Waals surface area contributed by atoms with Gasteiger partial charge in [0.15, 0.2) is 0 Å². The standard InChI is InChI=1S/C22H29N7O/c1-4-5-9-19-18(21(30)24-12-17-11-23-14-28(17)3)13-26-29(19)22-25-10-15(2)20(27-22)16-7-6-8-16/h10-11,13-14,16H,4-9,12H2,1-3H3,(H,24,30). The van der Waals surface area contributed by atoms with Crippen LogP contribution in [0.4, 0.5) is 0 Å². The number of amides is 1. The van der Waals surface area contributed by atoms with Crippen LogP contribution in [0.15, 0.2) is 24.9 Å². The molecule has 1 fully saturated rings. The van der Waals surface area contributed by atoms with E-state index >= 15 is 0 Å². The summed E-state index contributed by atoms with van der Waals surface area (Å²) in [5.41, 5.74) is 4.63. The van der Waals surface area contributed by atoms with Gasteiger partial charge in [-0.05, 0) is 38.2 Å². The zero-order valence-corrected chi connectivity index (χ0v) is 17.9. The van der Waals surface area contributed by atoms with Gasteiger partial charge in [0.1, 0.15) is 0 Å². The van der Waals surface area contributed by atoms with Gasteiger partial charge in [0, 0.05) is 25.4 Å². The summed E-state index contributed by atoms with van der Waals surface area (Å²) in [5, 5.41) is 7.50. The minimum absolute atomic E-state index is 0.139. The molecule has 0 aliphatic heterocycles. The molecule has 0 aromatic carbocycles. The van der Waals surface area contributed by atoms with E-state index in [0.29, 0.717) is 24.0 Å². The minimum Gasteiger partial charge on any atom is -0.346 e. The fourth-order valence-corrected chi connectivity index (χ4v) is 3.78. The van der Waals surface area contributed by atoms with Crippen molar-refractivity contribution in [2.45, 2.75) is 64.8 Å². The SMILES string of the molecule is CCCCc1c(C(=O)NCc2cncn2C)cnn1-c1ncc(C)c(C2CCC2)n1. The average Bonchev–Trinajstić information content (AvgIpc) is 3.31. The molecule has 1 saturated carbocycles. The molecule has 3 heterocycles. The lowest BCUT2D eigenvalue weighted by molar-refractivity contribution is 0.0949. The van der Waals surface area contributed by atoms with Crippen LogP contribution in [0.1, 0.15) is 77.9 Å². The van der Waals surface area contributed by atoms with E-state index in [2.05, 4.69) is 34.2 Å². The summed E-state index contributed by atoms with van der Waals surface area (Å²) in [6.45, 7) is 4.62. The van der Waals surface area contributed by atoms with Crippen molar-refractivity contribution in [3.63, 3.8) is 0 Å². The minimum atomic E-state index is -0.139. The van der Waals surface area contributed by atoms with Crippen LogP contribution in [-0.2, 0) is 20.0 Å². The van der Waals surface area contributed by atoms with Crippen molar-refractivity contribution in [3.8, 4) is 5.95 Å². The maximum atomic E-state index is 12.9. The highest BCUT2D eigenvalue weighted by atomic mass is 16.1. The second-order valence-electron chi connectivity index (χ2n) is 8.06. The summed E-state index contributed by atoms with van der Waals surface area (Å²) in [6, 6.07) is 0. The van der Waals surface area contributed by atoms with Gasteiger partial charge < -0.3 is 9.88 Å². The van der Waals surface area contributed by atoms with Gasteiger partial charge in [-0.3, -0.25) is 4.79 Å². The number of aryl methyl sites for hydroxylation is 2. The van der Waals surface area contributed by atoms with Crippen LogP contribution in [0, 0.1) is 6.92 Å². The van der Waals surface area contributed by atoms with Crippen molar-refractivity contribution < 1.29 is 4.79 Å². The van der Waals surface area contributed by atoms with Gasteiger partial charge in [-0.1, -0.05) is 19.8 Å². The van der Waals surface area contributed by atoms with Crippen LogP contribution < -0.4 is 5.32 Å². The monoisotopic (exact) mass is 407 g/mol. The van der Waals surface area contributed by atoms with Gasteiger partial charge in [-0.25, -0.2) is 19.6 Å². The quantitative estimate of drug-likeness (QED) is 0.619. The first-order valence-corrected chi connectivity index (χ1v) is 10.7. The molecule has 0 atom stereocenters. The first-order valence-electron chi connectivity index (χ1n) is 10.7. The summed E-state index contributed by atoms with van der Waals surface area (Å²) >= 11 is 0. The molecule has 0 radical (unpaired) electrons. The number of carbonyl (C=O) groups is 1. The van der Waals surface area contributed by atoms with Crippen LogP contribution in [0.2, 0.25) is 0 Å². The van der Waals surface area contributed by atoms with Crippen molar-refractivity contribution in [2.75, 3.05) is 0 Å². The number of rotatable bonds is 8. The molecule has 1 aliphatic carbocycles. The highest BCUT2D eigenvalue weighted by molar-refractivity contribution is 5.95. The predicted octanol–water partition coefficient (Wildman–Crippen LogP) is 3.24. The fraction of sp³-hybridized carbons (Fsp3) is 0.500. The lowest BCUT2D eigenvalue weighted by Crippen LogP contribution is -2.25. The molecular formula is C22H29N7O. The van der Waals surface area contributed by atoms with Gasteiger partial charge in [-0.2, -0.15) is 5.10 Å². The molecule has 8 heteroatoms. The third kappa shape index (κ3) is 3.99. The number of carbonyl (C=O) groups excluding carboxylic acids is 1. The van der Waals surface area contributed by atoms with E-state index in [1.54, 1.807) is 23.4 Å². The third-order valence-electron chi connectivity index (χ3n) is 5.91. The molecule has 1 aliphatic rings. The fourth-order valence-electron chi connectivity index (χ4n) is 3.78. The molecule has 1 amide bonds. The van der Waals surface area contributed by atoms with E-state index in [4.69, 9.17) is 4.98 Å². The molecule has 0 unspecified atom stereocenters. The number of hydrogen-bond donors (Lipinski definition) is 1. The molecule has 3 aromatic rings. The van der Waals surface area contributed by atoms with Crippen molar-refractivity contribution in [2.24, 2.45) is 7.05 Å². The van der Waals surface area contributed by atoms with Crippen molar-refractivity contribution >= 4 is 5.91 Å². The Bertz CT molecular complexity index is 1030. The average molecular weight is 408 g/mol. The molecule has 0 saturated heterocycles. The van der Waals surface area contributed by atoms with Gasteiger partial charge in [-0.15, -0.1) is 0 Å². The molecule has 0 bridgehead atoms. The molecule has 3 aromatic heterocycles. The molecule has 1 N–H and O–H groups in total.